The summed E-state index contributed by atoms with van der Waals surface area (Å²) >= 11 is 0. The van der Waals surface area contributed by atoms with Crippen LogP contribution in [0.3, 0.4) is 0 Å². The zero-order valence-corrected chi connectivity index (χ0v) is 10.8. The van der Waals surface area contributed by atoms with Crippen molar-refractivity contribution in [3.05, 3.63) is 35.3 Å². The van der Waals surface area contributed by atoms with Crippen LogP contribution in [0.25, 0.3) is 0 Å². The monoisotopic (exact) mass is 260 g/mol. The molecule has 19 heavy (non-hydrogen) atoms. The van der Waals surface area contributed by atoms with Gasteiger partial charge in [-0.05, 0) is 19.4 Å². The Hall–Kier alpha value is -2.11. The molecule has 0 saturated carbocycles. The van der Waals surface area contributed by atoms with E-state index in [1.54, 1.807) is 13.0 Å². The van der Waals surface area contributed by atoms with Gasteiger partial charge in [0.05, 0.1) is 11.8 Å². The van der Waals surface area contributed by atoms with Gasteiger partial charge in [-0.15, -0.1) is 10.2 Å². The first kappa shape index (κ1) is 12.0. The molecule has 0 unspecified atom stereocenters. The number of carbonyl (C=O) groups excluding carboxylic acids is 1. The van der Waals surface area contributed by atoms with Crippen molar-refractivity contribution in [2.45, 2.75) is 32.7 Å². The van der Waals surface area contributed by atoms with Crippen molar-refractivity contribution >= 4 is 5.91 Å². The number of hydrogen-bond acceptors (Lipinski definition) is 4. The molecule has 6 nitrogen and oxygen atoms in total. The van der Waals surface area contributed by atoms with Crippen molar-refractivity contribution < 1.29 is 9.21 Å². The number of carbonyl (C=O) groups is 1. The maximum absolute atomic E-state index is 11.9. The quantitative estimate of drug-likeness (QED) is 0.893. The Balaban J connectivity index is 1.56. The first-order chi connectivity index (χ1) is 9.25. The SMILES string of the molecule is Cc1occc1C(=O)NCCc1nnc2n1CCC2. The lowest BCUT2D eigenvalue weighted by Gasteiger charge is -2.05. The molecule has 2 aromatic heterocycles. The molecule has 2 aromatic rings. The van der Waals surface area contributed by atoms with E-state index in [1.165, 1.54) is 6.26 Å². The lowest BCUT2D eigenvalue weighted by molar-refractivity contribution is 0.0952. The van der Waals surface area contributed by atoms with E-state index in [1.807, 2.05) is 0 Å². The van der Waals surface area contributed by atoms with Gasteiger partial charge in [0.2, 0.25) is 0 Å². The number of nitrogens with one attached hydrogen (secondary N) is 1. The lowest BCUT2D eigenvalue weighted by atomic mass is 10.2. The summed E-state index contributed by atoms with van der Waals surface area (Å²) in [5.74, 6) is 2.55. The van der Waals surface area contributed by atoms with Crippen molar-refractivity contribution in [1.29, 1.82) is 0 Å². The molecule has 0 fully saturated rings. The Kier molecular flexibility index (Phi) is 3.06. The number of rotatable bonds is 4. The van der Waals surface area contributed by atoms with Crippen LogP contribution < -0.4 is 5.32 Å². The van der Waals surface area contributed by atoms with E-state index in [0.29, 0.717) is 24.3 Å². The number of amides is 1. The van der Waals surface area contributed by atoms with Gasteiger partial charge in [0.15, 0.2) is 0 Å². The predicted molar refractivity (Wildman–Crippen MR) is 67.8 cm³/mol. The van der Waals surface area contributed by atoms with E-state index in [-0.39, 0.29) is 5.91 Å². The Bertz CT molecular complexity index is 600. The van der Waals surface area contributed by atoms with Gasteiger partial charge in [-0.3, -0.25) is 4.79 Å². The van der Waals surface area contributed by atoms with Crippen LogP contribution in [0.5, 0.6) is 0 Å². The van der Waals surface area contributed by atoms with Crippen LogP contribution in [0.15, 0.2) is 16.7 Å². The van der Waals surface area contributed by atoms with Gasteiger partial charge in [-0.2, -0.15) is 0 Å². The van der Waals surface area contributed by atoms with Crippen LogP contribution in [0.2, 0.25) is 0 Å². The molecule has 0 bridgehead atoms. The highest BCUT2D eigenvalue weighted by Crippen LogP contribution is 2.14. The normalized spacial score (nSPS) is 13.5. The summed E-state index contributed by atoms with van der Waals surface area (Å²) in [5.41, 5.74) is 0.589. The van der Waals surface area contributed by atoms with Crippen molar-refractivity contribution in [1.82, 2.24) is 20.1 Å². The Labute approximate surface area is 110 Å². The second-order valence-electron chi connectivity index (χ2n) is 4.68. The van der Waals surface area contributed by atoms with Gasteiger partial charge < -0.3 is 14.3 Å². The summed E-state index contributed by atoms with van der Waals surface area (Å²) in [6.45, 7) is 3.33. The minimum Gasteiger partial charge on any atom is -0.469 e. The first-order valence-corrected chi connectivity index (χ1v) is 6.49. The molecule has 1 N–H and O–H groups in total. The molecule has 0 saturated heterocycles. The molecule has 3 rings (SSSR count). The zero-order chi connectivity index (χ0) is 13.2. The highest BCUT2D eigenvalue weighted by atomic mass is 16.3. The topological polar surface area (TPSA) is 73.0 Å². The Morgan fingerprint density at radius 3 is 3.21 bits per heavy atom. The summed E-state index contributed by atoms with van der Waals surface area (Å²) in [5, 5.41) is 11.2. The largest absolute Gasteiger partial charge is 0.469 e. The maximum Gasteiger partial charge on any atom is 0.254 e. The molecule has 0 aliphatic carbocycles. The zero-order valence-electron chi connectivity index (χ0n) is 10.8. The first-order valence-electron chi connectivity index (χ1n) is 6.49. The second kappa shape index (κ2) is 4.87. The number of aromatic nitrogens is 3. The van der Waals surface area contributed by atoms with Gasteiger partial charge in [-0.25, -0.2) is 0 Å². The molecule has 0 spiro atoms. The fraction of sp³-hybridized carbons (Fsp3) is 0.462. The van der Waals surface area contributed by atoms with Crippen LogP contribution in [0.4, 0.5) is 0 Å². The summed E-state index contributed by atoms with van der Waals surface area (Å²) in [4.78, 5) is 11.9. The second-order valence-corrected chi connectivity index (χ2v) is 4.68. The van der Waals surface area contributed by atoms with Crippen molar-refractivity contribution in [2.75, 3.05) is 6.54 Å². The third-order valence-electron chi connectivity index (χ3n) is 3.42. The number of furan rings is 1. The summed E-state index contributed by atoms with van der Waals surface area (Å²) in [7, 11) is 0. The van der Waals surface area contributed by atoms with Gasteiger partial charge in [0, 0.05) is 25.9 Å². The smallest absolute Gasteiger partial charge is 0.254 e. The lowest BCUT2D eigenvalue weighted by Crippen LogP contribution is -2.26. The standard InChI is InChI=1S/C13H16N4O2/c1-9-10(5-8-19-9)13(18)14-6-4-12-16-15-11-3-2-7-17(11)12/h5,8H,2-4,6-7H2,1H3,(H,14,18). The number of nitrogens with zero attached hydrogens (tertiary/aromatic N) is 3. The van der Waals surface area contributed by atoms with Crippen LogP contribution in [-0.4, -0.2) is 27.2 Å². The molecule has 1 aliphatic heterocycles. The van der Waals surface area contributed by atoms with Crippen molar-refractivity contribution in [3.8, 4) is 0 Å². The number of fused-ring (bicyclic) bond motifs is 1. The highest BCUT2D eigenvalue weighted by Gasteiger charge is 2.17. The Morgan fingerprint density at radius 2 is 2.42 bits per heavy atom. The molecular weight excluding hydrogens is 244 g/mol. The average molecular weight is 260 g/mol. The molecule has 6 heteroatoms. The molecule has 0 aromatic carbocycles. The van der Waals surface area contributed by atoms with Gasteiger partial charge in [0.1, 0.15) is 17.4 Å². The summed E-state index contributed by atoms with van der Waals surface area (Å²) < 4.78 is 7.26. The van der Waals surface area contributed by atoms with E-state index in [0.717, 1.165) is 31.0 Å². The Morgan fingerprint density at radius 1 is 1.53 bits per heavy atom. The van der Waals surface area contributed by atoms with Crippen molar-refractivity contribution in [2.24, 2.45) is 0 Å². The molecule has 1 aliphatic rings. The predicted octanol–water partition coefficient (Wildman–Crippen LogP) is 1.10. The van der Waals surface area contributed by atoms with Gasteiger partial charge in [-0.1, -0.05) is 0 Å². The molecule has 100 valence electrons. The molecule has 0 radical (unpaired) electrons. The average Bonchev–Trinajstić information content (AvgIpc) is 3.06. The summed E-state index contributed by atoms with van der Waals surface area (Å²) in [6, 6.07) is 1.68. The third-order valence-corrected chi connectivity index (χ3v) is 3.42. The minimum atomic E-state index is -0.104. The van der Waals surface area contributed by atoms with Gasteiger partial charge in [0.25, 0.3) is 5.91 Å². The van der Waals surface area contributed by atoms with Crippen LogP contribution >= 0.6 is 0 Å². The fourth-order valence-electron chi connectivity index (χ4n) is 2.40. The number of aryl methyl sites for hydroxylation is 2. The summed E-state index contributed by atoms with van der Waals surface area (Å²) in [6.07, 6.45) is 4.37. The van der Waals surface area contributed by atoms with Gasteiger partial charge >= 0.3 is 0 Å². The van der Waals surface area contributed by atoms with E-state index in [4.69, 9.17) is 4.42 Å². The van der Waals surface area contributed by atoms with E-state index < -0.39 is 0 Å². The molecule has 0 atom stereocenters. The van der Waals surface area contributed by atoms with E-state index in [9.17, 15) is 4.79 Å². The van der Waals surface area contributed by atoms with E-state index >= 15 is 0 Å². The molecular formula is C13H16N4O2. The minimum absolute atomic E-state index is 0.104. The van der Waals surface area contributed by atoms with Crippen LogP contribution in [0.1, 0.15) is 34.2 Å². The van der Waals surface area contributed by atoms with Crippen LogP contribution in [0, 0.1) is 6.92 Å². The van der Waals surface area contributed by atoms with Crippen LogP contribution in [-0.2, 0) is 19.4 Å². The molecule has 3 heterocycles. The third kappa shape index (κ3) is 2.25. The highest BCUT2D eigenvalue weighted by molar-refractivity contribution is 5.94. The maximum atomic E-state index is 11.9. The van der Waals surface area contributed by atoms with E-state index in [2.05, 4.69) is 20.1 Å². The molecule has 1 amide bonds. The fourth-order valence-corrected chi connectivity index (χ4v) is 2.40. The number of hydrogen-bond donors (Lipinski definition) is 1. The van der Waals surface area contributed by atoms with Crippen molar-refractivity contribution in [3.63, 3.8) is 0 Å².